The third-order valence-electron chi connectivity index (χ3n) is 15.4. The van der Waals surface area contributed by atoms with Crippen molar-refractivity contribution in [1.29, 1.82) is 0 Å². The van der Waals surface area contributed by atoms with Gasteiger partial charge in [0.25, 0.3) is 0 Å². The molecule has 0 saturated carbocycles. The van der Waals surface area contributed by atoms with Crippen molar-refractivity contribution in [1.82, 2.24) is 0 Å². The molecular weight excluding hydrogens is 801 g/mol. The van der Waals surface area contributed by atoms with E-state index in [9.17, 15) is 0 Å². The van der Waals surface area contributed by atoms with Gasteiger partial charge in [0, 0.05) is 36.4 Å². The zero-order valence-electron chi connectivity index (χ0n) is 36.9. The number of thiophene rings is 1. The topological polar surface area (TPSA) is 0 Å². The first kappa shape index (κ1) is 37.1. The fourth-order valence-corrected chi connectivity index (χ4v) is 13.6. The minimum absolute atomic E-state index is 0.126. The van der Waals surface area contributed by atoms with Gasteiger partial charge in [-0.25, -0.2) is 0 Å². The molecule has 0 unspecified atom stereocenters. The Bertz CT molecular complexity index is 4000. The lowest BCUT2D eigenvalue weighted by Crippen LogP contribution is -2.15. The van der Waals surface area contributed by atoms with Crippen LogP contribution in [0.3, 0.4) is 0 Å². The summed E-state index contributed by atoms with van der Waals surface area (Å²) in [7, 11) is 0. The summed E-state index contributed by atoms with van der Waals surface area (Å²) in [6, 6.07) is 73.7. The monoisotopic (exact) mass is 844 g/mol. The van der Waals surface area contributed by atoms with Crippen LogP contribution in [-0.2, 0) is 10.8 Å². The third kappa shape index (κ3) is 5.02. The minimum atomic E-state index is -0.189. The molecule has 1 heteroatoms. The molecule has 2 aliphatic carbocycles. The predicted octanol–water partition coefficient (Wildman–Crippen LogP) is 18.3. The summed E-state index contributed by atoms with van der Waals surface area (Å²) in [5.74, 6) is 0. The lowest BCUT2D eigenvalue weighted by molar-refractivity contribution is 0.661. The number of hydrogen-bond acceptors (Lipinski definition) is 1. The molecule has 0 saturated heterocycles. The Morgan fingerprint density at radius 3 is 1.62 bits per heavy atom. The predicted molar refractivity (Wildman–Crippen MR) is 281 cm³/mol. The summed E-state index contributed by atoms with van der Waals surface area (Å²) in [5, 5.41) is 13.1. The molecule has 306 valence electrons. The lowest BCUT2D eigenvalue weighted by atomic mass is 9.79. The molecular formula is C64H44S. The molecule has 0 bridgehead atoms. The van der Waals surface area contributed by atoms with E-state index >= 15 is 0 Å². The summed E-state index contributed by atoms with van der Waals surface area (Å²) >= 11 is 1.94. The molecule has 2 aliphatic rings. The second-order valence-corrected chi connectivity index (χ2v) is 20.6. The van der Waals surface area contributed by atoms with Crippen molar-refractivity contribution >= 4 is 74.6 Å². The molecule has 1 aromatic heterocycles. The highest BCUT2D eigenvalue weighted by Crippen LogP contribution is 2.56. The second kappa shape index (κ2) is 13.1. The molecule has 0 spiro atoms. The molecule has 0 nitrogen and oxygen atoms in total. The number of rotatable bonds is 3. The highest BCUT2D eigenvalue weighted by molar-refractivity contribution is 7.26. The summed E-state index contributed by atoms with van der Waals surface area (Å²) in [6.45, 7) is 9.70. The molecule has 1 heterocycles. The van der Waals surface area contributed by atoms with Crippen molar-refractivity contribution in [3.8, 4) is 55.6 Å². The summed E-state index contributed by atoms with van der Waals surface area (Å²) in [4.78, 5) is 0. The quantitative estimate of drug-likeness (QED) is 0.155. The van der Waals surface area contributed by atoms with Gasteiger partial charge in [-0.15, -0.1) is 11.3 Å². The Labute approximate surface area is 383 Å². The summed E-state index contributed by atoms with van der Waals surface area (Å²) in [5.41, 5.74) is 18.4. The molecule has 0 radical (unpaired) electrons. The number of fused-ring (bicyclic) bond motifs is 15. The maximum absolute atomic E-state index is 2.51. The first-order chi connectivity index (χ1) is 31.8. The van der Waals surface area contributed by atoms with Gasteiger partial charge in [-0.05, 0) is 140 Å². The van der Waals surface area contributed by atoms with Crippen molar-refractivity contribution in [2.24, 2.45) is 0 Å². The highest BCUT2D eigenvalue weighted by Gasteiger charge is 2.39. The zero-order chi connectivity index (χ0) is 43.3. The molecule has 14 rings (SSSR count). The van der Waals surface area contributed by atoms with Gasteiger partial charge >= 0.3 is 0 Å². The first-order valence-corrected chi connectivity index (χ1v) is 23.8. The average Bonchev–Trinajstić information content (AvgIpc) is 3.92. The summed E-state index contributed by atoms with van der Waals surface area (Å²) < 4.78 is 2.76. The standard InChI is InChI=1S/C64H44S/c1-63(2)55-35-40(39-28-33-54-53(34-39)51-31-24-38-25-32-52-45-17-11-12-23-57(45)65-62(52)59(38)61(51)64(54,3)4)26-29-43(55)44-30-27-41(36-56(44)63)58-47-18-7-9-20-49(47)60(50-21-10-8-19-48(50)58)46-22-13-15-37-14-5-6-16-42(37)46/h5-36H,1-4H3. The molecule has 0 aliphatic heterocycles. The normalized spacial score (nSPS) is 14.4. The Kier molecular flexibility index (Phi) is 7.49. The van der Waals surface area contributed by atoms with E-state index in [0.717, 1.165) is 0 Å². The van der Waals surface area contributed by atoms with E-state index in [1.165, 1.54) is 141 Å². The van der Waals surface area contributed by atoms with Crippen LogP contribution < -0.4 is 0 Å². The van der Waals surface area contributed by atoms with Crippen LogP contribution in [0.15, 0.2) is 194 Å². The van der Waals surface area contributed by atoms with E-state index in [4.69, 9.17) is 0 Å². The van der Waals surface area contributed by atoms with E-state index in [0.29, 0.717) is 0 Å². The lowest BCUT2D eigenvalue weighted by Gasteiger charge is -2.24. The smallest absolute Gasteiger partial charge is 0.0437 e. The van der Waals surface area contributed by atoms with E-state index < -0.39 is 0 Å². The average molecular weight is 845 g/mol. The third-order valence-corrected chi connectivity index (χ3v) is 16.6. The van der Waals surface area contributed by atoms with Crippen LogP contribution in [0.1, 0.15) is 49.9 Å². The van der Waals surface area contributed by atoms with Gasteiger partial charge < -0.3 is 0 Å². The highest BCUT2D eigenvalue weighted by atomic mass is 32.1. The van der Waals surface area contributed by atoms with Crippen molar-refractivity contribution in [3.05, 3.63) is 216 Å². The largest absolute Gasteiger partial charge is 0.135 e. The van der Waals surface area contributed by atoms with Crippen LogP contribution in [-0.4, -0.2) is 0 Å². The van der Waals surface area contributed by atoms with Crippen LogP contribution in [0.25, 0.3) is 119 Å². The molecule has 0 fully saturated rings. The zero-order valence-corrected chi connectivity index (χ0v) is 37.7. The van der Waals surface area contributed by atoms with Crippen LogP contribution in [0.2, 0.25) is 0 Å². The van der Waals surface area contributed by atoms with Crippen LogP contribution in [0.4, 0.5) is 0 Å². The fourth-order valence-electron chi connectivity index (χ4n) is 12.3. The van der Waals surface area contributed by atoms with Gasteiger partial charge in [-0.3, -0.25) is 0 Å². The van der Waals surface area contributed by atoms with E-state index in [-0.39, 0.29) is 10.8 Å². The SMILES string of the molecule is CC1(C)c2cc(-c3ccc4c(c3)-c3ccc5ccc6c7ccccc7sc6c5c3C4(C)C)ccc2-c2ccc(-c3c4ccccc4c(-c4cccc5ccccc45)c4ccccc34)cc21. The van der Waals surface area contributed by atoms with Crippen molar-refractivity contribution in [3.63, 3.8) is 0 Å². The summed E-state index contributed by atoms with van der Waals surface area (Å²) in [6.07, 6.45) is 0. The van der Waals surface area contributed by atoms with E-state index in [1.54, 1.807) is 0 Å². The van der Waals surface area contributed by atoms with Crippen molar-refractivity contribution in [2.45, 2.75) is 38.5 Å². The van der Waals surface area contributed by atoms with Crippen LogP contribution in [0, 0.1) is 0 Å². The first-order valence-electron chi connectivity index (χ1n) is 23.0. The maximum atomic E-state index is 2.51. The number of hydrogen-bond donors (Lipinski definition) is 0. The van der Waals surface area contributed by atoms with Gasteiger partial charge in [-0.2, -0.15) is 0 Å². The Morgan fingerprint density at radius 2 is 0.877 bits per heavy atom. The van der Waals surface area contributed by atoms with Gasteiger partial charge in [0.15, 0.2) is 0 Å². The van der Waals surface area contributed by atoms with E-state index in [1.807, 2.05) is 11.3 Å². The van der Waals surface area contributed by atoms with Crippen molar-refractivity contribution < 1.29 is 0 Å². The molecule has 0 amide bonds. The molecule has 65 heavy (non-hydrogen) atoms. The van der Waals surface area contributed by atoms with Gasteiger partial charge in [0.1, 0.15) is 0 Å². The van der Waals surface area contributed by atoms with Gasteiger partial charge in [0.2, 0.25) is 0 Å². The number of benzene rings is 11. The Balaban J connectivity index is 0.890. The van der Waals surface area contributed by atoms with E-state index in [2.05, 4.69) is 222 Å². The Morgan fingerprint density at radius 1 is 0.323 bits per heavy atom. The van der Waals surface area contributed by atoms with Crippen molar-refractivity contribution in [2.75, 3.05) is 0 Å². The molecule has 0 atom stereocenters. The maximum Gasteiger partial charge on any atom is 0.0437 e. The second-order valence-electron chi connectivity index (χ2n) is 19.5. The Hall–Kier alpha value is -7.32. The van der Waals surface area contributed by atoms with Crippen LogP contribution >= 0.6 is 11.3 Å². The molecule has 12 aromatic rings. The van der Waals surface area contributed by atoms with Crippen LogP contribution in [0.5, 0.6) is 0 Å². The van der Waals surface area contributed by atoms with Gasteiger partial charge in [0.05, 0.1) is 0 Å². The van der Waals surface area contributed by atoms with Gasteiger partial charge in [-0.1, -0.05) is 198 Å². The molecule has 11 aromatic carbocycles. The molecule has 0 N–H and O–H groups in total. The fraction of sp³-hybridized carbons (Fsp3) is 0.0938. The minimum Gasteiger partial charge on any atom is -0.135 e.